The first-order valence-electron chi connectivity index (χ1n) is 6.06. The summed E-state index contributed by atoms with van der Waals surface area (Å²) >= 11 is 3.36. The van der Waals surface area contributed by atoms with Gasteiger partial charge in [-0.3, -0.25) is 0 Å². The van der Waals surface area contributed by atoms with Gasteiger partial charge in [0, 0.05) is 21.4 Å². The molecule has 0 saturated heterocycles. The normalized spacial score (nSPS) is 10.2. The van der Waals surface area contributed by atoms with Crippen LogP contribution in [0.25, 0.3) is 0 Å². The topological polar surface area (TPSA) is 41.1 Å². The van der Waals surface area contributed by atoms with Gasteiger partial charge < -0.3 is 10.6 Å². The largest absolute Gasteiger partial charge is 0.323 e. The molecule has 0 unspecified atom stereocenters. The molecule has 20 heavy (non-hydrogen) atoms. The van der Waals surface area contributed by atoms with Crippen LogP contribution in [0.3, 0.4) is 0 Å². The molecule has 104 valence electrons. The van der Waals surface area contributed by atoms with E-state index >= 15 is 0 Å². The highest BCUT2D eigenvalue weighted by Crippen LogP contribution is 2.21. The van der Waals surface area contributed by atoms with Crippen molar-refractivity contribution in [1.29, 1.82) is 0 Å². The fourth-order valence-corrected chi connectivity index (χ4v) is 2.26. The minimum absolute atomic E-state index is 0.345. The molecular formula is C15H14BrFN2O. The first-order chi connectivity index (χ1) is 9.47. The van der Waals surface area contributed by atoms with E-state index in [0.717, 1.165) is 10.0 Å². The zero-order valence-electron chi connectivity index (χ0n) is 11.1. The highest BCUT2D eigenvalue weighted by atomic mass is 79.9. The molecule has 0 heterocycles. The number of amides is 2. The fourth-order valence-electron chi connectivity index (χ4n) is 1.79. The van der Waals surface area contributed by atoms with E-state index in [1.165, 1.54) is 6.07 Å². The van der Waals surface area contributed by atoms with E-state index in [4.69, 9.17) is 0 Å². The molecule has 2 amide bonds. The van der Waals surface area contributed by atoms with Crippen molar-refractivity contribution in [1.82, 2.24) is 0 Å². The summed E-state index contributed by atoms with van der Waals surface area (Å²) < 4.78 is 14.3. The third-order valence-corrected chi connectivity index (χ3v) is 3.45. The molecule has 5 heteroatoms. The summed E-state index contributed by atoms with van der Waals surface area (Å²) in [7, 11) is 0. The van der Waals surface area contributed by atoms with Gasteiger partial charge in [0.1, 0.15) is 5.82 Å². The van der Waals surface area contributed by atoms with Crippen LogP contribution in [-0.4, -0.2) is 6.03 Å². The number of hydrogen-bond acceptors (Lipinski definition) is 1. The van der Waals surface area contributed by atoms with Crippen molar-refractivity contribution in [2.75, 3.05) is 10.6 Å². The predicted molar refractivity (Wildman–Crippen MR) is 82.7 cm³/mol. The van der Waals surface area contributed by atoms with Gasteiger partial charge in [-0.05, 0) is 49.7 Å². The van der Waals surface area contributed by atoms with Crippen LogP contribution in [0.4, 0.5) is 20.6 Å². The molecule has 0 fully saturated rings. The first-order valence-corrected chi connectivity index (χ1v) is 6.86. The Morgan fingerprint density at radius 1 is 1.10 bits per heavy atom. The summed E-state index contributed by atoms with van der Waals surface area (Å²) in [6.45, 7) is 3.52. The van der Waals surface area contributed by atoms with Crippen molar-refractivity contribution in [2.45, 2.75) is 13.8 Å². The van der Waals surface area contributed by atoms with Crippen molar-refractivity contribution in [2.24, 2.45) is 0 Å². The van der Waals surface area contributed by atoms with Gasteiger partial charge in [0.05, 0.1) is 0 Å². The molecule has 3 nitrogen and oxygen atoms in total. The van der Waals surface area contributed by atoms with Gasteiger partial charge in [0.25, 0.3) is 0 Å². The Morgan fingerprint density at radius 3 is 2.50 bits per heavy atom. The number of carbonyl (C=O) groups excluding carboxylic acids is 1. The number of carbonyl (C=O) groups is 1. The van der Waals surface area contributed by atoms with Gasteiger partial charge in [-0.1, -0.05) is 22.0 Å². The van der Waals surface area contributed by atoms with Crippen molar-refractivity contribution < 1.29 is 9.18 Å². The minimum Gasteiger partial charge on any atom is -0.307 e. The maximum absolute atomic E-state index is 13.4. The van der Waals surface area contributed by atoms with Crippen LogP contribution >= 0.6 is 15.9 Å². The highest BCUT2D eigenvalue weighted by Gasteiger charge is 2.08. The molecule has 0 aliphatic rings. The molecule has 0 aromatic heterocycles. The zero-order valence-corrected chi connectivity index (χ0v) is 12.7. The second-order valence-electron chi connectivity index (χ2n) is 4.45. The smallest absolute Gasteiger partial charge is 0.307 e. The zero-order chi connectivity index (χ0) is 14.7. The second-order valence-corrected chi connectivity index (χ2v) is 5.37. The van der Waals surface area contributed by atoms with Gasteiger partial charge in [0.15, 0.2) is 0 Å². The molecule has 0 saturated carbocycles. The predicted octanol–water partition coefficient (Wildman–Crippen LogP) is 4.85. The molecule has 0 spiro atoms. The lowest BCUT2D eigenvalue weighted by atomic mass is 10.2. The van der Waals surface area contributed by atoms with E-state index in [2.05, 4.69) is 26.6 Å². The summed E-state index contributed by atoms with van der Waals surface area (Å²) in [6.07, 6.45) is 0. The lowest BCUT2D eigenvalue weighted by Gasteiger charge is -2.12. The van der Waals surface area contributed by atoms with E-state index in [9.17, 15) is 9.18 Å². The molecule has 0 aliphatic carbocycles. The van der Waals surface area contributed by atoms with E-state index in [1.54, 1.807) is 25.1 Å². The Labute approximate surface area is 125 Å². The second kappa shape index (κ2) is 6.05. The molecule has 0 radical (unpaired) electrons. The molecule has 2 aromatic carbocycles. The van der Waals surface area contributed by atoms with Crippen LogP contribution in [0.15, 0.2) is 40.9 Å². The van der Waals surface area contributed by atoms with Gasteiger partial charge in [-0.15, -0.1) is 0 Å². The number of aryl methyl sites for hydroxylation is 1. The monoisotopic (exact) mass is 336 g/mol. The number of urea groups is 1. The van der Waals surface area contributed by atoms with Gasteiger partial charge in [-0.2, -0.15) is 0 Å². The van der Waals surface area contributed by atoms with Gasteiger partial charge in [-0.25, -0.2) is 9.18 Å². The summed E-state index contributed by atoms with van der Waals surface area (Å²) in [5.41, 5.74) is 2.51. The van der Waals surface area contributed by atoms with Crippen molar-refractivity contribution in [3.05, 3.63) is 57.8 Å². The minimum atomic E-state index is -0.399. The number of nitrogens with one attached hydrogen (secondary N) is 2. The third-order valence-electron chi connectivity index (χ3n) is 2.95. The van der Waals surface area contributed by atoms with Crippen molar-refractivity contribution in [3.63, 3.8) is 0 Å². The average Bonchev–Trinajstić information content (AvgIpc) is 2.38. The fraction of sp³-hybridized carbons (Fsp3) is 0.133. The van der Waals surface area contributed by atoms with Crippen LogP contribution in [0, 0.1) is 19.7 Å². The van der Waals surface area contributed by atoms with Crippen LogP contribution in [-0.2, 0) is 0 Å². The molecule has 0 bridgehead atoms. The van der Waals surface area contributed by atoms with E-state index < -0.39 is 6.03 Å². The van der Waals surface area contributed by atoms with Crippen molar-refractivity contribution in [3.8, 4) is 0 Å². The summed E-state index contributed by atoms with van der Waals surface area (Å²) in [5, 5.41) is 5.38. The van der Waals surface area contributed by atoms with E-state index in [-0.39, 0.29) is 5.82 Å². The van der Waals surface area contributed by atoms with Crippen LogP contribution in [0.1, 0.15) is 11.1 Å². The number of benzene rings is 2. The Balaban J connectivity index is 2.11. The number of anilines is 2. The number of rotatable bonds is 2. The molecule has 2 aromatic rings. The Kier molecular flexibility index (Phi) is 4.39. The Morgan fingerprint density at radius 2 is 1.80 bits per heavy atom. The lowest BCUT2D eigenvalue weighted by molar-refractivity contribution is 0.262. The molecule has 0 atom stereocenters. The van der Waals surface area contributed by atoms with Crippen LogP contribution < -0.4 is 10.6 Å². The molecule has 2 rings (SSSR count). The summed E-state index contributed by atoms with van der Waals surface area (Å²) in [5.74, 6) is -0.345. The molecular weight excluding hydrogens is 323 g/mol. The number of halogens is 2. The molecule has 0 aliphatic heterocycles. The number of hydrogen-bond donors (Lipinski definition) is 2. The van der Waals surface area contributed by atoms with E-state index in [1.807, 2.05) is 19.1 Å². The summed E-state index contributed by atoms with van der Waals surface area (Å²) in [4.78, 5) is 11.9. The SMILES string of the molecule is Cc1cc(Br)ccc1NC(=O)Nc1cccc(F)c1C. The Bertz CT molecular complexity index is 658. The maximum Gasteiger partial charge on any atom is 0.323 e. The van der Waals surface area contributed by atoms with Gasteiger partial charge in [0.2, 0.25) is 0 Å². The van der Waals surface area contributed by atoms with Gasteiger partial charge >= 0.3 is 6.03 Å². The summed E-state index contributed by atoms with van der Waals surface area (Å²) in [6, 6.07) is 9.73. The highest BCUT2D eigenvalue weighted by molar-refractivity contribution is 9.10. The Hall–Kier alpha value is -1.88. The van der Waals surface area contributed by atoms with Crippen LogP contribution in [0.5, 0.6) is 0 Å². The first kappa shape index (κ1) is 14.5. The molecule has 2 N–H and O–H groups in total. The van der Waals surface area contributed by atoms with E-state index in [0.29, 0.717) is 16.9 Å². The van der Waals surface area contributed by atoms with Crippen LogP contribution in [0.2, 0.25) is 0 Å². The standard InChI is InChI=1S/C15H14BrFN2O/c1-9-8-11(16)6-7-13(9)18-15(20)19-14-5-3-4-12(17)10(14)2/h3-8H,1-2H3,(H2,18,19,20). The average molecular weight is 337 g/mol. The third kappa shape index (κ3) is 3.36. The quantitative estimate of drug-likeness (QED) is 0.808. The lowest BCUT2D eigenvalue weighted by Crippen LogP contribution is -2.20. The maximum atomic E-state index is 13.4. The van der Waals surface area contributed by atoms with Crippen molar-refractivity contribution >= 4 is 33.3 Å².